The topological polar surface area (TPSA) is 20.3 Å². The number of anilines is 1. The van der Waals surface area contributed by atoms with E-state index in [1.807, 2.05) is 37.2 Å². The monoisotopic (exact) mass is 269 g/mol. The summed E-state index contributed by atoms with van der Waals surface area (Å²) in [6.45, 7) is 0. The Hall–Kier alpha value is -2.42. The second kappa shape index (κ2) is 6.15. The zero-order chi connectivity index (χ0) is 14.5. The van der Waals surface area contributed by atoms with E-state index in [-0.39, 0.29) is 11.6 Å². The van der Waals surface area contributed by atoms with Gasteiger partial charge < -0.3 is 4.90 Å². The maximum absolute atomic E-state index is 13.1. The summed E-state index contributed by atoms with van der Waals surface area (Å²) in [7, 11) is 3.78. The largest absolute Gasteiger partial charge is 0.377 e. The summed E-state index contributed by atoms with van der Waals surface area (Å²) >= 11 is 0. The number of allylic oxidation sites excluding steroid dienone is 1. The van der Waals surface area contributed by atoms with E-state index in [1.54, 1.807) is 24.3 Å². The van der Waals surface area contributed by atoms with Crippen molar-refractivity contribution in [3.05, 3.63) is 71.6 Å². The lowest BCUT2D eigenvalue weighted by Gasteiger charge is -2.15. The fraction of sp³-hybridized carbons (Fsp3) is 0.118. The Kier molecular flexibility index (Phi) is 4.31. The van der Waals surface area contributed by atoms with Gasteiger partial charge in [0, 0.05) is 25.3 Å². The molecule has 102 valence electrons. The molecule has 0 radical (unpaired) electrons. The molecule has 0 amide bonds. The number of rotatable bonds is 4. The molecule has 0 spiro atoms. The summed E-state index contributed by atoms with van der Waals surface area (Å²) in [6, 6.07) is 13.5. The average molecular weight is 269 g/mol. The summed E-state index contributed by atoms with van der Waals surface area (Å²) in [5.74, 6) is -0.410. The number of para-hydroxylation sites is 1. The van der Waals surface area contributed by atoms with Crippen LogP contribution in [0.5, 0.6) is 0 Å². The molecule has 20 heavy (non-hydrogen) atoms. The molecule has 0 atom stereocenters. The number of carbonyl (C=O) groups is 1. The van der Waals surface area contributed by atoms with E-state index in [4.69, 9.17) is 0 Å². The number of hydrogen-bond acceptors (Lipinski definition) is 2. The molecule has 0 heterocycles. The molecule has 0 unspecified atom stereocenters. The van der Waals surface area contributed by atoms with Crippen molar-refractivity contribution >= 4 is 17.5 Å². The van der Waals surface area contributed by atoms with Gasteiger partial charge in [0.05, 0.1) is 0 Å². The van der Waals surface area contributed by atoms with Crippen molar-refractivity contribution in [1.82, 2.24) is 0 Å². The molecule has 2 rings (SSSR count). The molecular formula is C17H16FNO. The highest BCUT2D eigenvalue weighted by atomic mass is 19.1. The second-order valence-electron chi connectivity index (χ2n) is 4.66. The van der Waals surface area contributed by atoms with E-state index in [1.165, 1.54) is 18.2 Å². The van der Waals surface area contributed by atoms with Gasteiger partial charge in [-0.25, -0.2) is 4.39 Å². The summed E-state index contributed by atoms with van der Waals surface area (Å²) < 4.78 is 13.1. The van der Waals surface area contributed by atoms with Gasteiger partial charge in [-0.15, -0.1) is 0 Å². The molecule has 0 aliphatic heterocycles. The standard InChI is InChI=1S/C17H16FNO/c1-19(2)16-9-4-3-8-15(16)17(20)11-10-13-6-5-7-14(18)12-13/h3-12H,1-2H3. The maximum Gasteiger partial charge on any atom is 0.187 e. The van der Waals surface area contributed by atoms with Crippen LogP contribution in [0.2, 0.25) is 0 Å². The summed E-state index contributed by atoms with van der Waals surface area (Å²) in [6.07, 6.45) is 3.09. The number of nitrogens with zero attached hydrogens (tertiary/aromatic N) is 1. The highest BCUT2D eigenvalue weighted by Gasteiger charge is 2.09. The average Bonchev–Trinajstić information content (AvgIpc) is 2.45. The Balaban J connectivity index is 2.25. The summed E-state index contributed by atoms with van der Waals surface area (Å²) in [5.41, 5.74) is 2.16. The van der Waals surface area contributed by atoms with Crippen LogP contribution in [0.4, 0.5) is 10.1 Å². The van der Waals surface area contributed by atoms with Gasteiger partial charge in [-0.1, -0.05) is 30.3 Å². The number of hydrogen-bond donors (Lipinski definition) is 0. The molecule has 0 aliphatic rings. The molecule has 0 bridgehead atoms. The smallest absolute Gasteiger partial charge is 0.187 e. The third-order valence-electron chi connectivity index (χ3n) is 2.93. The van der Waals surface area contributed by atoms with Crippen LogP contribution < -0.4 is 4.90 Å². The molecule has 2 aromatic rings. The second-order valence-corrected chi connectivity index (χ2v) is 4.66. The van der Waals surface area contributed by atoms with Crippen molar-refractivity contribution in [2.45, 2.75) is 0 Å². The fourth-order valence-electron chi connectivity index (χ4n) is 1.94. The zero-order valence-electron chi connectivity index (χ0n) is 11.5. The Bertz CT molecular complexity index is 647. The van der Waals surface area contributed by atoms with Crippen LogP contribution in [0.3, 0.4) is 0 Å². The minimum atomic E-state index is -0.312. The molecule has 0 fully saturated rings. The van der Waals surface area contributed by atoms with Crippen LogP contribution in [-0.4, -0.2) is 19.9 Å². The lowest BCUT2D eigenvalue weighted by atomic mass is 10.1. The third-order valence-corrected chi connectivity index (χ3v) is 2.93. The van der Waals surface area contributed by atoms with Crippen LogP contribution in [0.1, 0.15) is 15.9 Å². The fourth-order valence-corrected chi connectivity index (χ4v) is 1.94. The molecule has 2 nitrogen and oxygen atoms in total. The van der Waals surface area contributed by atoms with Gasteiger partial charge in [-0.2, -0.15) is 0 Å². The van der Waals surface area contributed by atoms with Crippen molar-refractivity contribution in [3.63, 3.8) is 0 Å². The predicted molar refractivity (Wildman–Crippen MR) is 80.5 cm³/mol. The first-order valence-corrected chi connectivity index (χ1v) is 6.32. The van der Waals surface area contributed by atoms with Crippen LogP contribution in [-0.2, 0) is 0 Å². The van der Waals surface area contributed by atoms with Crippen molar-refractivity contribution < 1.29 is 9.18 Å². The summed E-state index contributed by atoms with van der Waals surface area (Å²) in [4.78, 5) is 14.1. The molecule has 0 aromatic heterocycles. The molecule has 3 heteroatoms. The molecular weight excluding hydrogens is 253 g/mol. The Morgan fingerprint density at radius 2 is 1.85 bits per heavy atom. The molecule has 0 saturated carbocycles. The van der Waals surface area contributed by atoms with Crippen molar-refractivity contribution in [1.29, 1.82) is 0 Å². The lowest BCUT2D eigenvalue weighted by molar-refractivity contribution is 0.104. The number of carbonyl (C=O) groups excluding carboxylic acids is 1. The van der Waals surface area contributed by atoms with Gasteiger partial charge in [0.15, 0.2) is 5.78 Å². The molecule has 0 aliphatic carbocycles. The van der Waals surface area contributed by atoms with Gasteiger partial charge in [0.1, 0.15) is 5.82 Å². The van der Waals surface area contributed by atoms with E-state index in [2.05, 4.69) is 0 Å². The van der Waals surface area contributed by atoms with E-state index in [9.17, 15) is 9.18 Å². The highest BCUT2D eigenvalue weighted by molar-refractivity contribution is 6.10. The maximum atomic E-state index is 13.1. The Morgan fingerprint density at radius 1 is 1.10 bits per heavy atom. The SMILES string of the molecule is CN(C)c1ccccc1C(=O)C=Cc1cccc(F)c1. The van der Waals surface area contributed by atoms with E-state index in [0.29, 0.717) is 11.1 Å². The Labute approximate surface area is 118 Å². The first-order valence-electron chi connectivity index (χ1n) is 6.32. The Morgan fingerprint density at radius 3 is 2.55 bits per heavy atom. The van der Waals surface area contributed by atoms with Crippen LogP contribution in [0, 0.1) is 5.82 Å². The normalized spacial score (nSPS) is 10.8. The molecule has 0 N–H and O–H groups in total. The number of ketones is 1. The van der Waals surface area contributed by atoms with Gasteiger partial charge in [0.2, 0.25) is 0 Å². The highest BCUT2D eigenvalue weighted by Crippen LogP contribution is 2.19. The van der Waals surface area contributed by atoms with Crippen LogP contribution in [0.15, 0.2) is 54.6 Å². The van der Waals surface area contributed by atoms with Gasteiger partial charge in [-0.05, 0) is 35.9 Å². The minimum Gasteiger partial charge on any atom is -0.377 e. The van der Waals surface area contributed by atoms with Crippen molar-refractivity contribution in [3.8, 4) is 0 Å². The van der Waals surface area contributed by atoms with E-state index >= 15 is 0 Å². The van der Waals surface area contributed by atoms with E-state index in [0.717, 1.165) is 5.69 Å². The van der Waals surface area contributed by atoms with Gasteiger partial charge in [-0.3, -0.25) is 4.79 Å². The predicted octanol–water partition coefficient (Wildman–Crippen LogP) is 3.79. The number of halogens is 1. The first-order chi connectivity index (χ1) is 9.58. The van der Waals surface area contributed by atoms with E-state index < -0.39 is 0 Å². The summed E-state index contributed by atoms with van der Waals surface area (Å²) in [5, 5.41) is 0. The van der Waals surface area contributed by atoms with Gasteiger partial charge in [0.25, 0.3) is 0 Å². The van der Waals surface area contributed by atoms with Crippen LogP contribution in [0.25, 0.3) is 6.08 Å². The molecule has 0 saturated heterocycles. The molecule has 2 aromatic carbocycles. The quantitative estimate of drug-likeness (QED) is 0.621. The third kappa shape index (κ3) is 3.32. The number of benzene rings is 2. The van der Waals surface area contributed by atoms with Crippen molar-refractivity contribution in [2.75, 3.05) is 19.0 Å². The first kappa shape index (κ1) is 14.0. The lowest BCUT2D eigenvalue weighted by Crippen LogP contribution is -2.12. The van der Waals surface area contributed by atoms with Crippen molar-refractivity contribution in [2.24, 2.45) is 0 Å². The van der Waals surface area contributed by atoms with Crippen LogP contribution >= 0.6 is 0 Å². The zero-order valence-corrected chi connectivity index (χ0v) is 11.5. The van der Waals surface area contributed by atoms with Gasteiger partial charge >= 0.3 is 0 Å². The minimum absolute atomic E-state index is 0.0986.